The van der Waals surface area contributed by atoms with Gasteiger partial charge in [-0.05, 0) is 36.5 Å². The number of aryl methyl sites for hydroxylation is 1. The van der Waals surface area contributed by atoms with Crippen molar-refractivity contribution in [1.82, 2.24) is 15.3 Å². The molecule has 1 aromatic heterocycles. The molecule has 0 spiro atoms. The van der Waals surface area contributed by atoms with Gasteiger partial charge >= 0.3 is 0 Å². The Labute approximate surface area is 147 Å². The molecule has 0 saturated heterocycles. The number of fused-ring (bicyclic) bond motifs is 1. The molecule has 6 heteroatoms. The second-order valence-corrected chi connectivity index (χ2v) is 6.72. The number of nitrogens with one attached hydrogen (secondary N) is 1. The predicted molar refractivity (Wildman–Crippen MR) is 95.5 cm³/mol. The highest BCUT2D eigenvalue weighted by molar-refractivity contribution is 6.31. The zero-order valence-corrected chi connectivity index (χ0v) is 14.7. The first-order valence-electron chi connectivity index (χ1n) is 8.08. The third-order valence-corrected chi connectivity index (χ3v) is 4.58. The van der Waals surface area contributed by atoms with E-state index in [1.165, 1.54) is 0 Å². The highest BCUT2D eigenvalue weighted by Gasteiger charge is 2.22. The van der Waals surface area contributed by atoms with Crippen LogP contribution in [0.25, 0.3) is 0 Å². The van der Waals surface area contributed by atoms with Crippen molar-refractivity contribution in [3.05, 3.63) is 52.3 Å². The molecule has 1 N–H and O–H groups in total. The summed E-state index contributed by atoms with van der Waals surface area (Å²) in [5, 5.41) is 3.74. The molecule has 1 atom stereocenters. The van der Waals surface area contributed by atoms with E-state index in [1.54, 1.807) is 6.07 Å². The molecule has 1 amide bonds. The SMILES string of the molecule is CN(C)c1ncc2c(n1)CCC(NC(=O)Cc1ccccc1Cl)C2. The minimum Gasteiger partial charge on any atom is -0.353 e. The van der Waals surface area contributed by atoms with Crippen molar-refractivity contribution in [3.63, 3.8) is 0 Å². The first-order chi connectivity index (χ1) is 11.5. The number of aromatic nitrogens is 2. The summed E-state index contributed by atoms with van der Waals surface area (Å²) in [7, 11) is 3.87. The highest BCUT2D eigenvalue weighted by Crippen LogP contribution is 2.21. The van der Waals surface area contributed by atoms with Gasteiger partial charge < -0.3 is 10.2 Å². The Hall–Kier alpha value is -2.14. The number of carbonyl (C=O) groups excluding carboxylic acids is 1. The number of hydrogen-bond acceptors (Lipinski definition) is 4. The number of anilines is 1. The fourth-order valence-corrected chi connectivity index (χ4v) is 3.13. The van der Waals surface area contributed by atoms with Crippen molar-refractivity contribution in [3.8, 4) is 0 Å². The van der Waals surface area contributed by atoms with Crippen LogP contribution in [0.5, 0.6) is 0 Å². The van der Waals surface area contributed by atoms with Crippen molar-refractivity contribution in [2.24, 2.45) is 0 Å². The average Bonchev–Trinajstić information content (AvgIpc) is 2.56. The van der Waals surface area contributed by atoms with Gasteiger partial charge in [0.1, 0.15) is 0 Å². The van der Waals surface area contributed by atoms with Gasteiger partial charge in [-0.15, -0.1) is 0 Å². The Bertz CT molecular complexity index is 748. The highest BCUT2D eigenvalue weighted by atomic mass is 35.5. The Balaban J connectivity index is 1.61. The van der Waals surface area contributed by atoms with Gasteiger partial charge in [-0.25, -0.2) is 9.97 Å². The summed E-state index contributed by atoms with van der Waals surface area (Å²) in [5.74, 6) is 0.734. The van der Waals surface area contributed by atoms with Gasteiger partial charge in [0.15, 0.2) is 0 Å². The fourth-order valence-electron chi connectivity index (χ4n) is 2.93. The van der Waals surface area contributed by atoms with Crippen LogP contribution >= 0.6 is 11.6 Å². The second kappa shape index (κ2) is 7.18. The maximum Gasteiger partial charge on any atom is 0.224 e. The number of halogens is 1. The molecule has 1 unspecified atom stereocenters. The topological polar surface area (TPSA) is 58.1 Å². The molecular weight excluding hydrogens is 324 g/mol. The maximum atomic E-state index is 12.3. The Morgan fingerprint density at radius 2 is 2.17 bits per heavy atom. The van der Waals surface area contributed by atoms with E-state index in [9.17, 15) is 4.79 Å². The van der Waals surface area contributed by atoms with E-state index < -0.39 is 0 Å². The van der Waals surface area contributed by atoms with Crippen molar-refractivity contribution >= 4 is 23.5 Å². The van der Waals surface area contributed by atoms with E-state index >= 15 is 0 Å². The second-order valence-electron chi connectivity index (χ2n) is 6.31. The first-order valence-corrected chi connectivity index (χ1v) is 8.45. The lowest BCUT2D eigenvalue weighted by Crippen LogP contribution is -2.40. The molecule has 1 aliphatic rings. The summed E-state index contributed by atoms with van der Waals surface area (Å²) in [5.41, 5.74) is 3.06. The number of carbonyl (C=O) groups is 1. The van der Waals surface area contributed by atoms with Gasteiger partial charge in [0.05, 0.1) is 6.42 Å². The van der Waals surface area contributed by atoms with E-state index in [4.69, 9.17) is 11.6 Å². The zero-order chi connectivity index (χ0) is 17.1. The summed E-state index contributed by atoms with van der Waals surface area (Å²) in [6.45, 7) is 0. The maximum absolute atomic E-state index is 12.3. The molecular formula is C18H21ClN4O. The van der Waals surface area contributed by atoms with Crippen LogP contribution in [-0.4, -0.2) is 36.0 Å². The van der Waals surface area contributed by atoms with E-state index in [2.05, 4.69) is 15.3 Å². The van der Waals surface area contributed by atoms with E-state index in [0.29, 0.717) is 11.4 Å². The zero-order valence-electron chi connectivity index (χ0n) is 13.9. The Morgan fingerprint density at radius 3 is 2.92 bits per heavy atom. The summed E-state index contributed by atoms with van der Waals surface area (Å²) < 4.78 is 0. The third-order valence-electron chi connectivity index (χ3n) is 4.21. The van der Waals surface area contributed by atoms with Crippen LogP contribution in [0.4, 0.5) is 5.95 Å². The van der Waals surface area contributed by atoms with Crippen molar-refractivity contribution < 1.29 is 4.79 Å². The number of rotatable bonds is 4. The number of hydrogen-bond donors (Lipinski definition) is 1. The molecule has 126 valence electrons. The lowest BCUT2D eigenvalue weighted by molar-refractivity contribution is -0.121. The standard InChI is InChI=1S/C18H21ClN4O/c1-23(2)18-20-11-13-9-14(7-8-16(13)22-18)21-17(24)10-12-5-3-4-6-15(12)19/h3-6,11,14H,7-10H2,1-2H3,(H,21,24). The molecule has 1 aliphatic carbocycles. The Kier molecular flexibility index (Phi) is 5.00. The van der Waals surface area contributed by atoms with Crippen LogP contribution in [0.3, 0.4) is 0 Å². The van der Waals surface area contributed by atoms with Gasteiger partial charge in [0, 0.05) is 37.1 Å². The molecule has 24 heavy (non-hydrogen) atoms. The van der Waals surface area contributed by atoms with Crippen molar-refractivity contribution in [2.75, 3.05) is 19.0 Å². The van der Waals surface area contributed by atoms with Crippen LogP contribution in [0, 0.1) is 0 Å². The quantitative estimate of drug-likeness (QED) is 0.925. The lowest BCUT2D eigenvalue weighted by Gasteiger charge is -2.25. The summed E-state index contributed by atoms with van der Waals surface area (Å²) >= 11 is 6.12. The van der Waals surface area contributed by atoms with Crippen molar-refractivity contribution in [1.29, 1.82) is 0 Å². The van der Waals surface area contributed by atoms with Crippen LogP contribution < -0.4 is 10.2 Å². The molecule has 0 bridgehead atoms. The molecule has 2 aromatic rings. The summed E-state index contributed by atoms with van der Waals surface area (Å²) in [6, 6.07) is 7.57. The molecule has 1 aromatic carbocycles. The van der Waals surface area contributed by atoms with Crippen LogP contribution in [-0.2, 0) is 24.1 Å². The third kappa shape index (κ3) is 3.85. The van der Waals surface area contributed by atoms with Gasteiger partial charge in [-0.1, -0.05) is 29.8 Å². The number of nitrogens with zero attached hydrogens (tertiary/aromatic N) is 3. The van der Waals surface area contributed by atoms with Gasteiger partial charge in [-0.2, -0.15) is 0 Å². The summed E-state index contributed by atoms with van der Waals surface area (Å²) in [4.78, 5) is 23.1. The molecule has 5 nitrogen and oxygen atoms in total. The van der Waals surface area contributed by atoms with Crippen LogP contribution in [0.1, 0.15) is 23.2 Å². The first kappa shape index (κ1) is 16.7. The van der Waals surface area contributed by atoms with E-state index in [-0.39, 0.29) is 11.9 Å². The fraction of sp³-hybridized carbons (Fsp3) is 0.389. The monoisotopic (exact) mass is 344 g/mol. The lowest BCUT2D eigenvalue weighted by atomic mass is 9.92. The minimum absolute atomic E-state index is 0.00220. The molecule has 0 radical (unpaired) electrons. The van der Waals surface area contributed by atoms with Crippen LogP contribution in [0.15, 0.2) is 30.5 Å². The average molecular weight is 345 g/mol. The minimum atomic E-state index is 0.00220. The normalized spacial score (nSPS) is 16.4. The van der Waals surface area contributed by atoms with E-state index in [0.717, 1.165) is 42.0 Å². The molecule has 0 saturated carbocycles. The summed E-state index contributed by atoms with van der Waals surface area (Å²) in [6.07, 6.45) is 4.71. The molecule has 1 heterocycles. The Morgan fingerprint density at radius 1 is 1.38 bits per heavy atom. The van der Waals surface area contributed by atoms with E-state index in [1.807, 2.05) is 43.4 Å². The number of benzene rings is 1. The van der Waals surface area contributed by atoms with Gasteiger partial charge in [0.2, 0.25) is 11.9 Å². The van der Waals surface area contributed by atoms with Gasteiger partial charge in [-0.3, -0.25) is 4.79 Å². The molecule has 0 fully saturated rings. The number of amides is 1. The van der Waals surface area contributed by atoms with Crippen molar-refractivity contribution in [2.45, 2.75) is 31.7 Å². The molecule has 3 rings (SSSR count). The molecule has 0 aliphatic heterocycles. The predicted octanol–water partition coefficient (Wildman–Crippen LogP) is 2.41. The largest absolute Gasteiger partial charge is 0.353 e. The smallest absolute Gasteiger partial charge is 0.224 e. The van der Waals surface area contributed by atoms with Crippen LogP contribution in [0.2, 0.25) is 5.02 Å². The van der Waals surface area contributed by atoms with Gasteiger partial charge in [0.25, 0.3) is 0 Å².